The van der Waals surface area contributed by atoms with Gasteiger partial charge in [-0.15, -0.1) is 0 Å². The maximum absolute atomic E-state index is 13.3. The molecular formula is C21H28FN5O3S. The van der Waals surface area contributed by atoms with Crippen LogP contribution in [0.15, 0.2) is 35.2 Å². The van der Waals surface area contributed by atoms with E-state index in [1.165, 1.54) is 23.4 Å². The summed E-state index contributed by atoms with van der Waals surface area (Å²) in [5.41, 5.74) is 0.635. The minimum Gasteiger partial charge on any atom is -0.363 e. The van der Waals surface area contributed by atoms with E-state index in [1.807, 2.05) is 19.0 Å². The van der Waals surface area contributed by atoms with E-state index in [4.69, 9.17) is 0 Å². The first-order chi connectivity index (χ1) is 14.6. The largest absolute Gasteiger partial charge is 0.363 e. The number of aromatic nitrogens is 2. The molecule has 3 rings (SSSR count). The van der Waals surface area contributed by atoms with E-state index in [0.717, 1.165) is 25.0 Å². The van der Waals surface area contributed by atoms with Crippen molar-refractivity contribution in [1.29, 1.82) is 0 Å². The van der Waals surface area contributed by atoms with Crippen molar-refractivity contribution in [3.8, 4) is 0 Å². The van der Waals surface area contributed by atoms with Crippen molar-refractivity contribution >= 4 is 21.7 Å². The average molecular weight is 450 g/mol. The summed E-state index contributed by atoms with van der Waals surface area (Å²) in [6, 6.07) is 6.10. The van der Waals surface area contributed by atoms with Gasteiger partial charge in [0.15, 0.2) is 0 Å². The number of rotatable bonds is 6. The fraction of sp³-hybridized carbons (Fsp3) is 0.476. The number of amides is 1. The minimum absolute atomic E-state index is 0.0427. The molecule has 168 valence electrons. The van der Waals surface area contributed by atoms with Crippen LogP contribution < -0.4 is 4.90 Å². The van der Waals surface area contributed by atoms with Gasteiger partial charge in [-0.2, -0.15) is 4.31 Å². The van der Waals surface area contributed by atoms with E-state index in [2.05, 4.69) is 9.97 Å². The minimum atomic E-state index is -3.85. The Morgan fingerprint density at radius 3 is 2.45 bits per heavy atom. The Labute approximate surface area is 182 Å². The Morgan fingerprint density at radius 1 is 1.16 bits per heavy atom. The molecule has 2 heterocycles. The number of carbonyl (C=O) groups excluding carboxylic acids is 1. The normalized spacial score (nSPS) is 17.4. The highest BCUT2D eigenvalue weighted by Crippen LogP contribution is 2.34. The Kier molecular flexibility index (Phi) is 6.90. The second-order valence-corrected chi connectivity index (χ2v) is 9.82. The Morgan fingerprint density at radius 2 is 1.84 bits per heavy atom. The highest BCUT2D eigenvalue weighted by molar-refractivity contribution is 7.89. The molecule has 0 saturated carbocycles. The average Bonchev–Trinajstić information content (AvgIpc) is 2.73. The summed E-state index contributed by atoms with van der Waals surface area (Å²) >= 11 is 0. The van der Waals surface area contributed by atoms with Crippen molar-refractivity contribution in [2.24, 2.45) is 0 Å². The number of piperidine rings is 1. The summed E-state index contributed by atoms with van der Waals surface area (Å²) in [5.74, 6) is 0.463. The molecule has 1 aliphatic rings. The lowest BCUT2D eigenvalue weighted by molar-refractivity contribution is -0.128. The number of hydrogen-bond donors (Lipinski definition) is 0. The van der Waals surface area contributed by atoms with Crippen LogP contribution in [0.1, 0.15) is 43.7 Å². The van der Waals surface area contributed by atoms with Crippen LogP contribution in [-0.4, -0.2) is 61.2 Å². The summed E-state index contributed by atoms with van der Waals surface area (Å²) in [6.07, 6.45) is 2.15. The first-order valence-corrected chi connectivity index (χ1v) is 11.6. The molecule has 1 aromatic heterocycles. The van der Waals surface area contributed by atoms with Gasteiger partial charge < -0.3 is 9.80 Å². The molecule has 1 fully saturated rings. The predicted octanol–water partition coefficient (Wildman–Crippen LogP) is 2.58. The van der Waals surface area contributed by atoms with Crippen LogP contribution in [0.2, 0.25) is 0 Å². The van der Waals surface area contributed by atoms with Crippen molar-refractivity contribution in [3.05, 3.63) is 47.7 Å². The first kappa shape index (κ1) is 23.1. The topological polar surface area (TPSA) is 86.7 Å². The molecule has 0 spiro atoms. The van der Waals surface area contributed by atoms with Crippen LogP contribution in [-0.2, 0) is 21.4 Å². The molecule has 0 N–H and O–H groups in total. The molecular weight excluding hydrogens is 421 g/mol. The third-order valence-electron chi connectivity index (χ3n) is 5.35. The maximum Gasteiger partial charge on any atom is 0.243 e. The molecule has 1 aromatic carbocycles. The fourth-order valence-electron chi connectivity index (χ4n) is 3.51. The van der Waals surface area contributed by atoms with Gasteiger partial charge in [0.2, 0.25) is 15.9 Å². The van der Waals surface area contributed by atoms with Gasteiger partial charge in [-0.25, -0.2) is 22.8 Å². The van der Waals surface area contributed by atoms with E-state index in [0.29, 0.717) is 36.8 Å². The Bertz CT molecular complexity index is 1040. The molecule has 10 heteroatoms. The maximum atomic E-state index is 13.3. The lowest BCUT2D eigenvalue weighted by Gasteiger charge is -2.34. The molecule has 8 nitrogen and oxygen atoms in total. The summed E-state index contributed by atoms with van der Waals surface area (Å²) in [7, 11) is 1.53. The van der Waals surface area contributed by atoms with E-state index in [9.17, 15) is 17.6 Å². The molecule has 2 aromatic rings. The first-order valence-electron chi connectivity index (χ1n) is 10.1. The van der Waals surface area contributed by atoms with Crippen LogP contribution in [0, 0.1) is 5.82 Å². The molecule has 1 atom stereocenters. The second kappa shape index (κ2) is 9.27. The highest BCUT2D eigenvalue weighted by atomic mass is 32.2. The van der Waals surface area contributed by atoms with Crippen molar-refractivity contribution in [1.82, 2.24) is 19.2 Å². The fourth-order valence-corrected chi connectivity index (χ4v) is 5.16. The molecule has 0 unspecified atom stereocenters. The van der Waals surface area contributed by atoms with Crippen molar-refractivity contribution < 1.29 is 17.6 Å². The van der Waals surface area contributed by atoms with Crippen molar-refractivity contribution in [2.75, 3.05) is 32.6 Å². The van der Waals surface area contributed by atoms with Gasteiger partial charge in [0.05, 0.1) is 23.2 Å². The quantitative estimate of drug-likeness (QED) is 0.674. The predicted molar refractivity (Wildman–Crippen MR) is 115 cm³/mol. The SMILES string of the molecule is CC(=O)N(C)Cc1cc(N(C)C)nc([C@H]2CCCCN2S(=O)(=O)c2ccc(F)cc2)n1. The molecule has 1 aliphatic heterocycles. The van der Waals surface area contributed by atoms with Crippen molar-refractivity contribution in [2.45, 2.75) is 43.7 Å². The molecule has 0 bridgehead atoms. The standard InChI is InChI=1S/C21H28FN5O3S/c1-15(28)26(4)14-17-13-20(25(2)3)24-21(23-17)19-7-5-6-12-27(19)31(29,30)18-10-8-16(22)9-11-18/h8-11,13,19H,5-7,12,14H2,1-4H3/t19-/m1/s1. The van der Waals surface area contributed by atoms with Gasteiger partial charge in [0.1, 0.15) is 17.5 Å². The molecule has 31 heavy (non-hydrogen) atoms. The number of benzene rings is 1. The Hall–Kier alpha value is -2.59. The zero-order chi connectivity index (χ0) is 22.8. The van der Waals surface area contributed by atoms with E-state index < -0.39 is 21.9 Å². The summed E-state index contributed by atoms with van der Waals surface area (Å²) < 4.78 is 41.4. The number of anilines is 1. The zero-order valence-corrected chi connectivity index (χ0v) is 19.1. The molecule has 0 radical (unpaired) electrons. The zero-order valence-electron chi connectivity index (χ0n) is 18.2. The molecule has 1 amide bonds. The van der Waals surface area contributed by atoms with Gasteiger partial charge in [0, 0.05) is 40.7 Å². The lowest BCUT2D eigenvalue weighted by atomic mass is 10.0. The summed E-state index contributed by atoms with van der Waals surface area (Å²) in [5, 5.41) is 0. The van der Waals surface area contributed by atoms with Gasteiger partial charge in [-0.3, -0.25) is 4.79 Å². The summed E-state index contributed by atoms with van der Waals surface area (Å²) in [4.78, 5) is 24.3. The number of carbonyl (C=O) groups is 1. The van der Waals surface area contributed by atoms with E-state index in [-0.39, 0.29) is 10.8 Å². The van der Waals surface area contributed by atoms with Crippen LogP contribution in [0.25, 0.3) is 0 Å². The van der Waals surface area contributed by atoms with Gasteiger partial charge in [-0.1, -0.05) is 6.42 Å². The smallest absolute Gasteiger partial charge is 0.243 e. The van der Waals surface area contributed by atoms with Crippen LogP contribution in [0.5, 0.6) is 0 Å². The van der Waals surface area contributed by atoms with E-state index >= 15 is 0 Å². The monoisotopic (exact) mass is 449 g/mol. The number of nitrogens with zero attached hydrogens (tertiary/aromatic N) is 5. The second-order valence-electron chi connectivity index (χ2n) is 7.93. The van der Waals surface area contributed by atoms with Gasteiger partial charge >= 0.3 is 0 Å². The van der Waals surface area contributed by atoms with Gasteiger partial charge in [-0.05, 0) is 37.1 Å². The number of halogens is 1. The third kappa shape index (κ3) is 5.19. The van der Waals surface area contributed by atoms with Crippen LogP contribution >= 0.6 is 0 Å². The number of hydrogen-bond acceptors (Lipinski definition) is 6. The molecule has 1 saturated heterocycles. The van der Waals surface area contributed by atoms with Crippen LogP contribution in [0.3, 0.4) is 0 Å². The lowest BCUT2D eigenvalue weighted by Crippen LogP contribution is -2.39. The van der Waals surface area contributed by atoms with Gasteiger partial charge in [0.25, 0.3) is 0 Å². The molecule has 0 aliphatic carbocycles. The number of sulfonamides is 1. The van der Waals surface area contributed by atoms with Crippen LogP contribution in [0.4, 0.5) is 10.2 Å². The highest BCUT2D eigenvalue weighted by Gasteiger charge is 2.36. The summed E-state index contributed by atoms with van der Waals surface area (Å²) in [6.45, 7) is 2.11. The third-order valence-corrected chi connectivity index (χ3v) is 7.27. The van der Waals surface area contributed by atoms with Crippen molar-refractivity contribution in [3.63, 3.8) is 0 Å². The van der Waals surface area contributed by atoms with E-state index in [1.54, 1.807) is 18.0 Å². The Balaban J connectivity index is 2.02.